The van der Waals surface area contributed by atoms with Gasteiger partial charge in [-0.2, -0.15) is 0 Å². The van der Waals surface area contributed by atoms with Gasteiger partial charge in [0, 0.05) is 6.54 Å². The van der Waals surface area contributed by atoms with Crippen LogP contribution in [0.15, 0.2) is 29.2 Å². The van der Waals surface area contributed by atoms with Crippen LogP contribution in [0, 0.1) is 5.41 Å². The molecular weight excluding hydrogens is 312 g/mol. The van der Waals surface area contributed by atoms with Gasteiger partial charge in [-0.15, -0.1) is 0 Å². The van der Waals surface area contributed by atoms with E-state index in [4.69, 9.17) is 0 Å². The van der Waals surface area contributed by atoms with Crippen molar-refractivity contribution < 1.29 is 13.2 Å². The Hall–Kier alpha value is -1.56. The fourth-order valence-electron chi connectivity index (χ4n) is 2.40. The van der Waals surface area contributed by atoms with Crippen molar-refractivity contribution in [2.75, 3.05) is 12.3 Å². The van der Waals surface area contributed by atoms with E-state index in [1.165, 1.54) is 12.8 Å². The van der Waals surface area contributed by atoms with Crippen molar-refractivity contribution in [3.8, 4) is 0 Å². The Morgan fingerprint density at radius 1 is 1.26 bits per heavy atom. The lowest BCUT2D eigenvalue weighted by atomic mass is 10.1. The second-order valence-corrected chi connectivity index (χ2v) is 8.93. The molecule has 1 atom stereocenters. The Morgan fingerprint density at radius 2 is 1.87 bits per heavy atom. The van der Waals surface area contributed by atoms with E-state index in [-0.39, 0.29) is 17.8 Å². The van der Waals surface area contributed by atoms with Crippen LogP contribution < -0.4 is 10.6 Å². The van der Waals surface area contributed by atoms with E-state index >= 15 is 0 Å². The number of amides is 2. The lowest BCUT2D eigenvalue weighted by Crippen LogP contribution is -2.38. The predicted molar refractivity (Wildman–Crippen MR) is 91.1 cm³/mol. The number of carbonyl (C=O) groups is 1. The van der Waals surface area contributed by atoms with Gasteiger partial charge < -0.3 is 10.6 Å². The van der Waals surface area contributed by atoms with Crippen LogP contribution in [0.2, 0.25) is 0 Å². The van der Waals surface area contributed by atoms with E-state index in [1.807, 2.05) is 6.92 Å². The second kappa shape index (κ2) is 6.91. The first-order chi connectivity index (χ1) is 10.8. The van der Waals surface area contributed by atoms with E-state index in [0.29, 0.717) is 16.9 Å². The average Bonchev–Trinajstić information content (AvgIpc) is 3.25. The highest BCUT2D eigenvalue weighted by Gasteiger charge is 2.36. The molecular formula is C17H26N2O3S. The molecule has 0 heterocycles. The first kappa shape index (κ1) is 17.8. The number of hydrogen-bond acceptors (Lipinski definition) is 3. The maximum absolute atomic E-state index is 11.9. The van der Waals surface area contributed by atoms with E-state index < -0.39 is 9.84 Å². The Morgan fingerprint density at radius 3 is 2.39 bits per heavy atom. The molecule has 2 amide bonds. The van der Waals surface area contributed by atoms with Crippen LogP contribution in [0.3, 0.4) is 0 Å². The minimum absolute atomic E-state index is 0.0848. The van der Waals surface area contributed by atoms with Crippen LogP contribution in [-0.2, 0) is 9.84 Å². The van der Waals surface area contributed by atoms with Crippen molar-refractivity contribution in [3.63, 3.8) is 0 Å². The molecule has 23 heavy (non-hydrogen) atoms. The van der Waals surface area contributed by atoms with Crippen LogP contribution in [0.25, 0.3) is 0 Å². The molecule has 5 nitrogen and oxygen atoms in total. The van der Waals surface area contributed by atoms with Gasteiger partial charge in [0.1, 0.15) is 0 Å². The summed E-state index contributed by atoms with van der Waals surface area (Å²) in [4.78, 5) is 12.2. The van der Waals surface area contributed by atoms with Gasteiger partial charge in [-0.3, -0.25) is 0 Å². The van der Waals surface area contributed by atoms with E-state index in [2.05, 4.69) is 17.6 Å². The standard InChI is InChI=1S/C17H26N2O3S/c1-4-23(21,22)15-7-5-14(6-8-15)13(2)19-16(20)18-12-11-17(3)9-10-17/h5-8,13H,4,9-12H2,1-3H3,(H2,18,19,20). The lowest BCUT2D eigenvalue weighted by Gasteiger charge is -2.16. The zero-order valence-electron chi connectivity index (χ0n) is 14.1. The van der Waals surface area contributed by atoms with E-state index in [9.17, 15) is 13.2 Å². The minimum atomic E-state index is -3.18. The lowest BCUT2D eigenvalue weighted by molar-refractivity contribution is 0.237. The molecule has 1 unspecified atom stereocenters. The number of carbonyl (C=O) groups excluding carboxylic acids is 1. The second-order valence-electron chi connectivity index (χ2n) is 6.66. The number of sulfone groups is 1. The summed E-state index contributed by atoms with van der Waals surface area (Å²) >= 11 is 0. The van der Waals surface area contributed by atoms with Gasteiger partial charge in [-0.1, -0.05) is 26.0 Å². The van der Waals surface area contributed by atoms with Crippen LogP contribution in [0.5, 0.6) is 0 Å². The monoisotopic (exact) mass is 338 g/mol. The Kier molecular flexibility index (Phi) is 5.34. The molecule has 1 aliphatic rings. The third kappa shape index (κ3) is 4.96. The van der Waals surface area contributed by atoms with Gasteiger partial charge in [0.05, 0.1) is 16.7 Å². The SMILES string of the molecule is CCS(=O)(=O)c1ccc(C(C)NC(=O)NCCC2(C)CC2)cc1. The topological polar surface area (TPSA) is 75.3 Å². The predicted octanol–water partition coefficient (Wildman–Crippen LogP) is 3.03. The molecule has 1 fully saturated rings. The maximum atomic E-state index is 11.9. The molecule has 1 aromatic rings. The summed E-state index contributed by atoms with van der Waals surface area (Å²) in [6, 6.07) is 6.32. The Labute approximate surface area is 138 Å². The summed E-state index contributed by atoms with van der Waals surface area (Å²) in [5, 5.41) is 5.75. The van der Waals surface area contributed by atoms with E-state index in [1.54, 1.807) is 31.2 Å². The number of urea groups is 1. The molecule has 6 heteroatoms. The summed E-state index contributed by atoms with van der Waals surface area (Å²) in [5.41, 5.74) is 1.31. The Bertz CT molecular complexity index is 649. The van der Waals surface area contributed by atoms with Crippen molar-refractivity contribution >= 4 is 15.9 Å². The average molecular weight is 338 g/mol. The third-order valence-corrected chi connectivity index (χ3v) is 6.33. The highest BCUT2D eigenvalue weighted by atomic mass is 32.2. The molecule has 1 aliphatic carbocycles. The smallest absolute Gasteiger partial charge is 0.315 e. The van der Waals surface area contributed by atoms with Gasteiger partial charge in [-0.25, -0.2) is 13.2 Å². The molecule has 0 radical (unpaired) electrons. The molecule has 1 aromatic carbocycles. The molecule has 2 N–H and O–H groups in total. The summed E-state index contributed by atoms with van der Waals surface area (Å²) < 4.78 is 23.6. The highest BCUT2D eigenvalue weighted by Crippen LogP contribution is 2.47. The molecule has 1 saturated carbocycles. The summed E-state index contributed by atoms with van der Waals surface area (Å²) in [7, 11) is -3.18. The molecule has 0 bridgehead atoms. The molecule has 2 rings (SSSR count). The number of rotatable bonds is 7. The zero-order chi connectivity index (χ0) is 17.1. The maximum Gasteiger partial charge on any atom is 0.315 e. The summed E-state index contributed by atoms with van der Waals surface area (Å²) in [6.07, 6.45) is 3.51. The Balaban J connectivity index is 1.84. The van der Waals surface area contributed by atoms with Crippen molar-refractivity contribution in [2.24, 2.45) is 5.41 Å². The van der Waals surface area contributed by atoms with Crippen molar-refractivity contribution in [1.82, 2.24) is 10.6 Å². The van der Waals surface area contributed by atoms with Crippen LogP contribution >= 0.6 is 0 Å². The van der Waals surface area contributed by atoms with Gasteiger partial charge in [0.2, 0.25) is 0 Å². The molecule has 0 aromatic heterocycles. The van der Waals surface area contributed by atoms with Crippen LogP contribution in [-0.4, -0.2) is 26.7 Å². The van der Waals surface area contributed by atoms with E-state index in [0.717, 1.165) is 12.0 Å². The summed E-state index contributed by atoms with van der Waals surface area (Å²) in [6.45, 7) is 6.43. The van der Waals surface area contributed by atoms with Gasteiger partial charge in [0.15, 0.2) is 9.84 Å². The molecule has 0 spiro atoms. The van der Waals surface area contributed by atoms with Crippen LogP contribution in [0.4, 0.5) is 4.79 Å². The quantitative estimate of drug-likeness (QED) is 0.802. The number of nitrogens with one attached hydrogen (secondary N) is 2. The molecule has 0 aliphatic heterocycles. The van der Waals surface area contributed by atoms with Gasteiger partial charge >= 0.3 is 6.03 Å². The summed E-state index contributed by atoms with van der Waals surface area (Å²) in [5.74, 6) is 0.0848. The minimum Gasteiger partial charge on any atom is -0.338 e. The number of hydrogen-bond donors (Lipinski definition) is 2. The van der Waals surface area contributed by atoms with Gasteiger partial charge in [0.25, 0.3) is 0 Å². The largest absolute Gasteiger partial charge is 0.338 e. The highest BCUT2D eigenvalue weighted by molar-refractivity contribution is 7.91. The molecule has 0 saturated heterocycles. The van der Waals surface area contributed by atoms with Crippen LogP contribution in [0.1, 0.15) is 51.6 Å². The zero-order valence-corrected chi connectivity index (χ0v) is 14.9. The number of benzene rings is 1. The van der Waals surface area contributed by atoms with Crippen molar-refractivity contribution in [3.05, 3.63) is 29.8 Å². The van der Waals surface area contributed by atoms with Crippen molar-refractivity contribution in [2.45, 2.75) is 51.0 Å². The van der Waals surface area contributed by atoms with Gasteiger partial charge in [-0.05, 0) is 49.3 Å². The normalized spacial score (nSPS) is 17.3. The fraction of sp³-hybridized carbons (Fsp3) is 0.588. The first-order valence-corrected chi connectivity index (χ1v) is 9.78. The third-order valence-electron chi connectivity index (χ3n) is 4.58. The fourth-order valence-corrected chi connectivity index (χ4v) is 3.29. The first-order valence-electron chi connectivity index (χ1n) is 8.13. The van der Waals surface area contributed by atoms with Crippen molar-refractivity contribution in [1.29, 1.82) is 0 Å². The molecule has 128 valence electrons.